The van der Waals surface area contributed by atoms with Crippen LogP contribution in [0.1, 0.15) is 38.5 Å². The molecule has 0 unspecified atom stereocenters. The first kappa shape index (κ1) is 26.8. The minimum Gasteiger partial charge on any atom is -0.338 e. The van der Waals surface area contributed by atoms with Crippen molar-refractivity contribution in [2.75, 3.05) is 26.3 Å². The molecular weight excluding hydrogens is 446 g/mol. The van der Waals surface area contributed by atoms with Gasteiger partial charge in [0.15, 0.2) is 0 Å². The Morgan fingerprint density at radius 2 is 1.13 bits per heavy atom. The molecule has 0 aromatic carbocycles. The normalized spacial score (nSPS) is 19.7. The fourth-order valence-electron chi connectivity index (χ4n) is 2.83. The van der Waals surface area contributed by atoms with E-state index in [0.29, 0.717) is 12.8 Å². The van der Waals surface area contributed by atoms with Crippen molar-refractivity contribution in [3.8, 4) is 0 Å². The molecule has 2 atom stereocenters. The first-order valence-electron chi connectivity index (χ1n) is 9.45. The topological polar surface area (TPSA) is 216 Å². The number of carbonyl (C=O) groups excluding carboxylic acids is 2. The van der Waals surface area contributed by atoms with Gasteiger partial charge in [-0.15, -0.1) is 0 Å². The molecule has 14 nitrogen and oxygen atoms in total. The summed E-state index contributed by atoms with van der Waals surface area (Å²) in [4.78, 5) is 58.3. The summed E-state index contributed by atoms with van der Waals surface area (Å²) in [6.45, 7) is -0.0727. The SMILES string of the molecule is O=C(NCCCOP(=O)(O)O)N[C@H]1CCCC[C@@H]1NC(=O)NCCCOP(=O)(O)O. The lowest BCUT2D eigenvalue weighted by Crippen LogP contribution is -2.56. The van der Waals surface area contributed by atoms with Crippen LogP contribution < -0.4 is 21.3 Å². The van der Waals surface area contributed by atoms with E-state index in [9.17, 15) is 18.7 Å². The van der Waals surface area contributed by atoms with Crippen LogP contribution in [0.5, 0.6) is 0 Å². The minimum atomic E-state index is -4.52. The lowest BCUT2D eigenvalue weighted by molar-refractivity contribution is 0.190. The van der Waals surface area contributed by atoms with Gasteiger partial charge in [0, 0.05) is 13.1 Å². The number of hydrogen-bond acceptors (Lipinski definition) is 6. The molecule has 1 rings (SSSR count). The van der Waals surface area contributed by atoms with Gasteiger partial charge in [-0.2, -0.15) is 0 Å². The van der Waals surface area contributed by atoms with Gasteiger partial charge < -0.3 is 40.8 Å². The molecular formula is C14H30N4O10P2. The average Bonchev–Trinajstić information content (AvgIpc) is 2.61. The molecule has 0 aliphatic heterocycles. The molecule has 30 heavy (non-hydrogen) atoms. The van der Waals surface area contributed by atoms with Gasteiger partial charge in [-0.3, -0.25) is 9.05 Å². The molecule has 16 heteroatoms. The Balaban J connectivity index is 2.27. The largest absolute Gasteiger partial charge is 0.469 e. The molecule has 0 heterocycles. The van der Waals surface area contributed by atoms with Crippen molar-refractivity contribution in [1.82, 2.24) is 21.3 Å². The van der Waals surface area contributed by atoms with Crippen molar-refractivity contribution < 1.29 is 47.3 Å². The number of carbonyl (C=O) groups is 2. The van der Waals surface area contributed by atoms with Crippen LogP contribution in [-0.2, 0) is 18.2 Å². The Morgan fingerprint density at radius 1 is 0.767 bits per heavy atom. The number of nitrogens with one attached hydrogen (secondary N) is 4. The number of urea groups is 2. The molecule has 1 saturated carbocycles. The van der Waals surface area contributed by atoms with E-state index in [1.807, 2.05) is 0 Å². The van der Waals surface area contributed by atoms with Gasteiger partial charge in [0.1, 0.15) is 0 Å². The fraction of sp³-hybridized carbons (Fsp3) is 0.857. The van der Waals surface area contributed by atoms with Crippen LogP contribution in [0.4, 0.5) is 9.59 Å². The quantitative estimate of drug-likeness (QED) is 0.138. The predicted molar refractivity (Wildman–Crippen MR) is 104 cm³/mol. The van der Waals surface area contributed by atoms with Gasteiger partial charge in [-0.05, 0) is 25.7 Å². The molecule has 0 aromatic rings. The molecule has 0 radical (unpaired) electrons. The monoisotopic (exact) mass is 476 g/mol. The summed E-state index contributed by atoms with van der Waals surface area (Å²) in [7, 11) is -9.03. The van der Waals surface area contributed by atoms with Crippen LogP contribution in [-0.4, -0.2) is 70.0 Å². The van der Waals surface area contributed by atoms with Crippen LogP contribution in [0, 0.1) is 0 Å². The second-order valence-electron chi connectivity index (χ2n) is 6.65. The van der Waals surface area contributed by atoms with Crippen molar-refractivity contribution in [2.24, 2.45) is 0 Å². The molecule has 1 fully saturated rings. The summed E-state index contributed by atoms with van der Waals surface area (Å²) < 4.78 is 29.7. The molecule has 1 aliphatic rings. The van der Waals surface area contributed by atoms with Crippen molar-refractivity contribution in [3.05, 3.63) is 0 Å². The summed E-state index contributed by atoms with van der Waals surface area (Å²) in [6, 6.07) is -1.48. The number of hydrogen-bond donors (Lipinski definition) is 8. The Morgan fingerprint density at radius 3 is 1.47 bits per heavy atom. The Labute approximate surface area is 174 Å². The Bertz CT molecular complexity index is 586. The third-order valence-corrected chi connectivity index (χ3v) is 5.17. The molecule has 1 aliphatic carbocycles. The van der Waals surface area contributed by atoms with E-state index in [-0.39, 0.29) is 51.2 Å². The first-order valence-corrected chi connectivity index (χ1v) is 12.5. The van der Waals surface area contributed by atoms with Crippen molar-refractivity contribution in [1.29, 1.82) is 0 Å². The van der Waals surface area contributed by atoms with Crippen LogP contribution >= 0.6 is 15.6 Å². The molecule has 176 valence electrons. The van der Waals surface area contributed by atoms with Gasteiger partial charge in [0.25, 0.3) is 0 Å². The van der Waals surface area contributed by atoms with Gasteiger partial charge >= 0.3 is 27.7 Å². The maximum atomic E-state index is 12.0. The van der Waals surface area contributed by atoms with E-state index < -0.39 is 27.7 Å². The van der Waals surface area contributed by atoms with E-state index in [4.69, 9.17) is 19.6 Å². The van der Waals surface area contributed by atoms with E-state index >= 15 is 0 Å². The number of amides is 4. The van der Waals surface area contributed by atoms with Crippen LogP contribution in [0.2, 0.25) is 0 Å². The lowest BCUT2D eigenvalue weighted by atomic mass is 9.90. The molecule has 0 saturated heterocycles. The fourth-order valence-corrected chi connectivity index (χ4v) is 3.56. The van der Waals surface area contributed by atoms with E-state index in [1.54, 1.807) is 0 Å². The predicted octanol–water partition coefficient (Wildman–Crippen LogP) is -0.105. The highest BCUT2D eigenvalue weighted by Gasteiger charge is 2.27. The second kappa shape index (κ2) is 13.2. The van der Waals surface area contributed by atoms with E-state index in [2.05, 4.69) is 30.3 Å². The zero-order valence-corrected chi connectivity index (χ0v) is 18.1. The van der Waals surface area contributed by atoms with Gasteiger partial charge in [0.05, 0.1) is 25.3 Å². The highest BCUT2D eigenvalue weighted by molar-refractivity contribution is 7.46. The van der Waals surface area contributed by atoms with Crippen LogP contribution in [0.3, 0.4) is 0 Å². The Hall–Kier alpha value is -1.24. The summed E-state index contributed by atoms with van der Waals surface area (Å²) >= 11 is 0. The second-order valence-corrected chi connectivity index (χ2v) is 9.13. The Kier molecular flexibility index (Phi) is 11.8. The zero-order chi connectivity index (χ0) is 22.6. The molecule has 8 N–H and O–H groups in total. The van der Waals surface area contributed by atoms with Gasteiger partial charge in [-0.1, -0.05) is 12.8 Å². The van der Waals surface area contributed by atoms with Crippen LogP contribution in [0.15, 0.2) is 0 Å². The first-order chi connectivity index (χ1) is 14.0. The maximum absolute atomic E-state index is 12.0. The van der Waals surface area contributed by atoms with Crippen molar-refractivity contribution in [3.63, 3.8) is 0 Å². The summed E-state index contributed by atoms with van der Waals surface area (Å²) in [5, 5.41) is 10.7. The van der Waals surface area contributed by atoms with Gasteiger partial charge in [0.2, 0.25) is 0 Å². The summed E-state index contributed by atoms with van der Waals surface area (Å²) in [6.07, 6.45) is 3.57. The van der Waals surface area contributed by atoms with E-state index in [1.165, 1.54) is 0 Å². The molecule has 0 spiro atoms. The standard InChI is InChI=1S/C14H30N4O10P2/c19-13(15-7-3-9-27-29(21,22)23)17-11-5-1-2-6-12(11)18-14(20)16-8-4-10-28-30(24,25)26/h11-12H,1-10H2,(H2,15,17,19)(H2,16,18,20)(H2,21,22,23)(H2,24,25,26)/t11-,12-/m0/s1. The smallest absolute Gasteiger partial charge is 0.338 e. The molecule has 0 bridgehead atoms. The lowest BCUT2D eigenvalue weighted by Gasteiger charge is -2.32. The number of rotatable bonds is 12. The third kappa shape index (κ3) is 13.9. The van der Waals surface area contributed by atoms with Crippen molar-refractivity contribution >= 4 is 27.7 Å². The molecule has 4 amide bonds. The van der Waals surface area contributed by atoms with Gasteiger partial charge in [-0.25, -0.2) is 18.7 Å². The number of phosphoric acid groups is 2. The minimum absolute atomic E-state index is 0.161. The summed E-state index contributed by atoms with van der Waals surface area (Å²) in [5.41, 5.74) is 0. The third-order valence-electron chi connectivity index (χ3n) is 4.13. The highest BCUT2D eigenvalue weighted by atomic mass is 31.2. The average molecular weight is 476 g/mol. The van der Waals surface area contributed by atoms with Crippen LogP contribution in [0.25, 0.3) is 0 Å². The maximum Gasteiger partial charge on any atom is 0.469 e. The highest BCUT2D eigenvalue weighted by Crippen LogP contribution is 2.36. The van der Waals surface area contributed by atoms with E-state index in [0.717, 1.165) is 12.8 Å². The number of phosphoric ester groups is 2. The van der Waals surface area contributed by atoms with Crippen molar-refractivity contribution in [2.45, 2.75) is 50.6 Å². The summed E-state index contributed by atoms with van der Waals surface area (Å²) in [5.74, 6) is 0. The zero-order valence-electron chi connectivity index (χ0n) is 16.4. The molecule has 0 aromatic heterocycles.